The Labute approximate surface area is 127 Å². The maximum absolute atomic E-state index is 5.86. The number of hydrogen-bond donors (Lipinski definition) is 1. The van der Waals surface area contributed by atoms with Gasteiger partial charge in [-0.15, -0.1) is 11.8 Å². The predicted octanol–water partition coefficient (Wildman–Crippen LogP) is 4.53. The molecule has 1 aromatic carbocycles. The van der Waals surface area contributed by atoms with Gasteiger partial charge in [-0.3, -0.25) is 0 Å². The third-order valence-corrected chi connectivity index (χ3v) is 4.26. The first-order chi connectivity index (χ1) is 9.85. The van der Waals surface area contributed by atoms with Gasteiger partial charge in [0.1, 0.15) is 5.76 Å². The van der Waals surface area contributed by atoms with Crippen LogP contribution in [0.5, 0.6) is 0 Å². The van der Waals surface area contributed by atoms with E-state index in [9.17, 15) is 0 Å². The zero-order chi connectivity index (χ0) is 14.2. The monoisotopic (exact) mass is 291 g/mol. The zero-order valence-corrected chi connectivity index (χ0v) is 13.3. The standard InChI is InChI=1S/C17H25NOS/c1-3-12-18-17(16-7-5-6-13-19-16)14-8-10-15(11-9-14)20-4-2/h7-11,17-18H,3-6,12-13H2,1-2H3. The summed E-state index contributed by atoms with van der Waals surface area (Å²) in [4.78, 5) is 1.34. The molecule has 110 valence electrons. The Balaban J connectivity index is 2.14. The Morgan fingerprint density at radius 2 is 2.05 bits per heavy atom. The number of ether oxygens (including phenoxy) is 1. The van der Waals surface area contributed by atoms with Gasteiger partial charge in [0.25, 0.3) is 0 Å². The molecule has 1 aliphatic rings. The topological polar surface area (TPSA) is 21.3 Å². The average molecular weight is 291 g/mol. The zero-order valence-electron chi connectivity index (χ0n) is 12.5. The van der Waals surface area contributed by atoms with Crippen molar-refractivity contribution in [1.82, 2.24) is 5.32 Å². The van der Waals surface area contributed by atoms with E-state index in [2.05, 4.69) is 49.5 Å². The van der Waals surface area contributed by atoms with E-state index in [-0.39, 0.29) is 6.04 Å². The van der Waals surface area contributed by atoms with Gasteiger partial charge in [0.05, 0.1) is 12.6 Å². The number of hydrogen-bond acceptors (Lipinski definition) is 3. The summed E-state index contributed by atoms with van der Waals surface area (Å²) in [5.74, 6) is 2.21. The van der Waals surface area contributed by atoms with E-state index >= 15 is 0 Å². The fraction of sp³-hybridized carbons (Fsp3) is 0.529. The summed E-state index contributed by atoms with van der Waals surface area (Å²) in [6, 6.07) is 9.09. The van der Waals surface area contributed by atoms with Gasteiger partial charge in [0, 0.05) is 4.90 Å². The average Bonchev–Trinajstić information content (AvgIpc) is 2.51. The molecule has 1 aliphatic heterocycles. The molecule has 0 fully saturated rings. The molecule has 0 saturated carbocycles. The Morgan fingerprint density at radius 3 is 2.65 bits per heavy atom. The van der Waals surface area contributed by atoms with E-state index in [1.54, 1.807) is 0 Å². The van der Waals surface area contributed by atoms with Gasteiger partial charge < -0.3 is 10.1 Å². The second-order valence-electron chi connectivity index (χ2n) is 4.99. The van der Waals surface area contributed by atoms with Crippen molar-refractivity contribution in [3.8, 4) is 0 Å². The molecule has 1 heterocycles. The summed E-state index contributed by atoms with van der Waals surface area (Å²) in [6.45, 7) is 6.24. The van der Waals surface area contributed by atoms with Crippen molar-refractivity contribution in [1.29, 1.82) is 0 Å². The van der Waals surface area contributed by atoms with Crippen LogP contribution in [0.1, 0.15) is 44.7 Å². The molecule has 0 spiro atoms. The van der Waals surface area contributed by atoms with E-state index in [0.29, 0.717) is 0 Å². The Hall–Kier alpha value is -0.930. The highest BCUT2D eigenvalue weighted by Crippen LogP contribution is 2.28. The van der Waals surface area contributed by atoms with Crippen LogP contribution in [0.3, 0.4) is 0 Å². The lowest BCUT2D eigenvalue weighted by atomic mass is 10.0. The van der Waals surface area contributed by atoms with Crippen LogP contribution in [0.25, 0.3) is 0 Å². The van der Waals surface area contributed by atoms with Gasteiger partial charge in [-0.25, -0.2) is 0 Å². The summed E-state index contributed by atoms with van der Waals surface area (Å²) in [6.07, 6.45) is 5.64. The van der Waals surface area contributed by atoms with Gasteiger partial charge in [-0.05, 0) is 55.3 Å². The normalized spacial score (nSPS) is 16.4. The van der Waals surface area contributed by atoms with Crippen molar-refractivity contribution in [3.63, 3.8) is 0 Å². The van der Waals surface area contributed by atoms with Gasteiger partial charge in [-0.1, -0.05) is 26.0 Å². The number of nitrogens with one attached hydrogen (secondary N) is 1. The van der Waals surface area contributed by atoms with Crippen LogP contribution >= 0.6 is 11.8 Å². The van der Waals surface area contributed by atoms with Crippen LogP contribution in [-0.2, 0) is 4.74 Å². The molecule has 1 aromatic rings. The first kappa shape index (κ1) is 15.5. The number of rotatable bonds is 7. The third-order valence-electron chi connectivity index (χ3n) is 3.37. The Bertz CT molecular complexity index is 427. The van der Waals surface area contributed by atoms with Gasteiger partial charge >= 0.3 is 0 Å². The maximum Gasteiger partial charge on any atom is 0.113 e. The second-order valence-corrected chi connectivity index (χ2v) is 6.32. The molecule has 0 aromatic heterocycles. The van der Waals surface area contributed by atoms with Crippen LogP contribution in [0, 0.1) is 0 Å². The number of thioether (sulfide) groups is 1. The quantitative estimate of drug-likeness (QED) is 0.746. The first-order valence-corrected chi connectivity index (χ1v) is 8.62. The third kappa shape index (κ3) is 4.29. The molecule has 0 amide bonds. The first-order valence-electron chi connectivity index (χ1n) is 7.64. The lowest BCUT2D eigenvalue weighted by molar-refractivity contribution is 0.167. The molecule has 0 saturated heterocycles. The number of benzene rings is 1. The highest BCUT2D eigenvalue weighted by Gasteiger charge is 2.19. The van der Waals surface area contributed by atoms with E-state index in [1.807, 2.05) is 11.8 Å². The van der Waals surface area contributed by atoms with Crippen LogP contribution in [-0.4, -0.2) is 18.9 Å². The highest BCUT2D eigenvalue weighted by atomic mass is 32.2. The lowest BCUT2D eigenvalue weighted by Crippen LogP contribution is -2.26. The molecule has 0 aliphatic carbocycles. The van der Waals surface area contributed by atoms with E-state index in [1.165, 1.54) is 10.5 Å². The Kier molecular flexibility index (Phi) is 6.48. The van der Waals surface area contributed by atoms with E-state index < -0.39 is 0 Å². The molecule has 0 radical (unpaired) electrons. The molecule has 1 N–H and O–H groups in total. The number of allylic oxidation sites excluding steroid dienone is 1. The van der Waals surface area contributed by atoms with Crippen molar-refractivity contribution in [2.75, 3.05) is 18.9 Å². The second kappa shape index (κ2) is 8.38. The van der Waals surface area contributed by atoms with Gasteiger partial charge in [0.15, 0.2) is 0 Å². The van der Waals surface area contributed by atoms with E-state index in [0.717, 1.165) is 43.9 Å². The molecule has 1 atom stereocenters. The van der Waals surface area contributed by atoms with Crippen molar-refractivity contribution >= 4 is 11.8 Å². The smallest absolute Gasteiger partial charge is 0.113 e. The molecule has 2 rings (SSSR count). The molecular formula is C17H25NOS. The molecule has 0 bridgehead atoms. The van der Waals surface area contributed by atoms with Crippen LogP contribution in [0.15, 0.2) is 41.0 Å². The van der Waals surface area contributed by atoms with Crippen molar-refractivity contribution in [2.45, 2.75) is 44.0 Å². The summed E-state index contributed by atoms with van der Waals surface area (Å²) in [7, 11) is 0. The fourth-order valence-corrected chi connectivity index (χ4v) is 3.03. The molecule has 2 nitrogen and oxygen atoms in total. The summed E-state index contributed by atoms with van der Waals surface area (Å²) >= 11 is 1.88. The van der Waals surface area contributed by atoms with Crippen LogP contribution < -0.4 is 5.32 Å². The van der Waals surface area contributed by atoms with Crippen molar-refractivity contribution in [3.05, 3.63) is 41.7 Å². The van der Waals surface area contributed by atoms with Crippen molar-refractivity contribution in [2.24, 2.45) is 0 Å². The summed E-state index contributed by atoms with van der Waals surface area (Å²) in [5, 5.41) is 3.61. The minimum absolute atomic E-state index is 0.205. The van der Waals surface area contributed by atoms with Crippen LogP contribution in [0.2, 0.25) is 0 Å². The van der Waals surface area contributed by atoms with Crippen molar-refractivity contribution < 1.29 is 4.74 Å². The van der Waals surface area contributed by atoms with Gasteiger partial charge in [0.2, 0.25) is 0 Å². The SMILES string of the molecule is CCCNC(C1=CCCCO1)c1ccc(SCC)cc1. The highest BCUT2D eigenvalue weighted by molar-refractivity contribution is 7.99. The van der Waals surface area contributed by atoms with Crippen LogP contribution in [0.4, 0.5) is 0 Å². The molecule has 3 heteroatoms. The minimum atomic E-state index is 0.205. The molecule has 20 heavy (non-hydrogen) atoms. The minimum Gasteiger partial charge on any atom is -0.496 e. The summed E-state index contributed by atoms with van der Waals surface area (Å²) in [5.41, 5.74) is 1.30. The largest absolute Gasteiger partial charge is 0.496 e. The maximum atomic E-state index is 5.86. The van der Waals surface area contributed by atoms with E-state index in [4.69, 9.17) is 4.74 Å². The molecular weight excluding hydrogens is 266 g/mol. The lowest BCUT2D eigenvalue weighted by Gasteiger charge is -2.25. The molecule has 1 unspecified atom stereocenters. The van der Waals surface area contributed by atoms with Gasteiger partial charge in [-0.2, -0.15) is 0 Å². The summed E-state index contributed by atoms with van der Waals surface area (Å²) < 4.78 is 5.86. The fourth-order valence-electron chi connectivity index (χ4n) is 2.37. The Morgan fingerprint density at radius 1 is 1.25 bits per heavy atom. The predicted molar refractivity (Wildman–Crippen MR) is 87.1 cm³/mol.